The molecule has 0 heterocycles. The van der Waals surface area contributed by atoms with Crippen LogP contribution in [0.2, 0.25) is 0 Å². The van der Waals surface area contributed by atoms with Gasteiger partial charge in [0.2, 0.25) is 0 Å². The first-order valence-electron chi connectivity index (χ1n) is 8.94. The summed E-state index contributed by atoms with van der Waals surface area (Å²) in [4.78, 5) is 9.44. The molecule has 0 aliphatic rings. The standard InChI is InChI=1S/C10H22.C8H9F.C3H6O/c1-4-6-8-10(3)9-7-5-2;1-6-3-4-8(9)7(2)5-6;1-3(2)4/h10H,4-9H2,1-3H3;3-5H,1-2H3;1-2H3. The van der Waals surface area contributed by atoms with Crippen molar-refractivity contribution < 1.29 is 9.18 Å². The third kappa shape index (κ3) is 18.8. The van der Waals surface area contributed by atoms with Gasteiger partial charge in [0, 0.05) is 0 Å². The number of aryl methyl sites for hydroxylation is 2. The van der Waals surface area contributed by atoms with Crippen LogP contribution < -0.4 is 0 Å². The molecule has 2 heteroatoms. The molecule has 0 saturated heterocycles. The van der Waals surface area contributed by atoms with Crippen LogP contribution in [0.3, 0.4) is 0 Å². The highest BCUT2D eigenvalue weighted by molar-refractivity contribution is 5.72. The molecule has 0 bridgehead atoms. The Labute approximate surface area is 143 Å². The molecular formula is C21H37FO. The lowest BCUT2D eigenvalue weighted by molar-refractivity contribution is -0.114. The van der Waals surface area contributed by atoms with Gasteiger partial charge < -0.3 is 4.79 Å². The van der Waals surface area contributed by atoms with Gasteiger partial charge in [-0.05, 0) is 45.2 Å². The molecular weight excluding hydrogens is 287 g/mol. The molecule has 0 fully saturated rings. The van der Waals surface area contributed by atoms with Gasteiger partial charge in [0.25, 0.3) is 0 Å². The average Bonchev–Trinajstić information content (AvgIpc) is 2.47. The molecule has 0 spiro atoms. The van der Waals surface area contributed by atoms with E-state index in [2.05, 4.69) is 20.8 Å². The van der Waals surface area contributed by atoms with Crippen molar-refractivity contribution in [2.45, 2.75) is 87.0 Å². The van der Waals surface area contributed by atoms with Gasteiger partial charge in [0.05, 0.1) is 0 Å². The summed E-state index contributed by atoms with van der Waals surface area (Å²) in [5.41, 5.74) is 1.82. The van der Waals surface area contributed by atoms with Crippen molar-refractivity contribution in [3.8, 4) is 0 Å². The fraction of sp³-hybridized carbons (Fsp3) is 0.667. The number of carbonyl (C=O) groups excluding carboxylic acids is 1. The Balaban J connectivity index is 0. The molecule has 1 nitrogen and oxygen atoms in total. The van der Waals surface area contributed by atoms with E-state index in [0.717, 1.165) is 17.0 Å². The van der Waals surface area contributed by atoms with Crippen LogP contribution >= 0.6 is 0 Å². The molecule has 134 valence electrons. The molecule has 0 atom stereocenters. The molecule has 0 aliphatic heterocycles. The summed E-state index contributed by atoms with van der Waals surface area (Å²) in [7, 11) is 0. The summed E-state index contributed by atoms with van der Waals surface area (Å²) in [6.45, 7) is 13.7. The second-order valence-electron chi connectivity index (χ2n) is 6.55. The number of hydrogen-bond donors (Lipinski definition) is 0. The van der Waals surface area contributed by atoms with Crippen LogP contribution in [0.4, 0.5) is 4.39 Å². The molecule has 0 aliphatic carbocycles. The van der Waals surface area contributed by atoms with Gasteiger partial charge in [0.1, 0.15) is 11.6 Å². The Morgan fingerprint density at radius 2 is 1.48 bits per heavy atom. The second-order valence-corrected chi connectivity index (χ2v) is 6.55. The maximum absolute atomic E-state index is 12.5. The number of hydrogen-bond acceptors (Lipinski definition) is 1. The van der Waals surface area contributed by atoms with Gasteiger partial charge in [-0.1, -0.05) is 77.0 Å². The lowest BCUT2D eigenvalue weighted by Gasteiger charge is -2.08. The van der Waals surface area contributed by atoms with Crippen molar-refractivity contribution in [3.63, 3.8) is 0 Å². The number of Topliss-reactive ketones (excluding diaryl/α,β-unsaturated/α-hetero) is 1. The van der Waals surface area contributed by atoms with E-state index in [0.29, 0.717) is 0 Å². The monoisotopic (exact) mass is 324 g/mol. The van der Waals surface area contributed by atoms with E-state index < -0.39 is 0 Å². The Morgan fingerprint density at radius 1 is 1.04 bits per heavy atom. The minimum Gasteiger partial charge on any atom is -0.300 e. The van der Waals surface area contributed by atoms with Gasteiger partial charge in [-0.15, -0.1) is 0 Å². The van der Waals surface area contributed by atoms with Crippen LogP contribution in [-0.4, -0.2) is 5.78 Å². The topological polar surface area (TPSA) is 17.1 Å². The van der Waals surface area contributed by atoms with Crippen molar-refractivity contribution in [1.29, 1.82) is 0 Å². The number of halogens is 1. The number of carbonyl (C=O) groups is 1. The largest absolute Gasteiger partial charge is 0.300 e. The first-order valence-corrected chi connectivity index (χ1v) is 8.94. The Kier molecular flexibility index (Phi) is 16.4. The van der Waals surface area contributed by atoms with E-state index in [1.54, 1.807) is 13.0 Å². The zero-order valence-corrected chi connectivity index (χ0v) is 16.3. The highest BCUT2D eigenvalue weighted by Crippen LogP contribution is 2.14. The van der Waals surface area contributed by atoms with Crippen molar-refractivity contribution in [2.75, 3.05) is 0 Å². The van der Waals surface area contributed by atoms with E-state index in [4.69, 9.17) is 0 Å². The molecule has 0 radical (unpaired) electrons. The second kappa shape index (κ2) is 15.7. The number of rotatable bonds is 6. The lowest BCUT2D eigenvalue weighted by atomic mass is 9.98. The minimum absolute atomic E-state index is 0.124. The number of ketones is 1. The molecule has 1 rings (SSSR count). The summed E-state index contributed by atoms with van der Waals surface area (Å²) in [6.07, 6.45) is 8.44. The van der Waals surface area contributed by atoms with Crippen LogP contribution in [0.1, 0.15) is 84.3 Å². The highest BCUT2D eigenvalue weighted by atomic mass is 19.1. The lowest BCUT2D eigenvalue weighted by Crippen LogP contribution is -1.93. The van der Waals surface area contributed by atoms with Gasteiger partial charge >= 0.3 is 0 Å². The predicted octanol–water partition coefficient (Wildman–Crippen LogP) is 7.04. The van der Waals surface area contributed by atoms with E-state index in [-0.39, 0.29) is 11.6 Å². The van der Waals surface area contributed by atoms with Crippen molar-refractivity contribution in [3.05, 3.63) is 35.1 Å². The van der Waals surface area contributed by atoms with Crippen LogP contribution in [0.5, 0.6) is 0 Å². The van der Waals surface area contributed by atoms with E-state index in [1.807, 2.05) is 13.0 Å². The molecule has 23 heavy (non-hydrogen) atoms. The molecule has 1 aromatic rings. The first kappa shape index (κ1) is 24.1. The van der Waals surface area contributed by atoms with E-state index in [9.17, 15) is 9.18 Å². The van der Waals surface area contributed by atoms with Gasteiger partial charge in [0.15, 0.2) is 0 Å². The zero-order chi connectivity index (χ0) is 18.3. The summed E-state index contributed by atoms with van der Waals surface area (Å²) >= 11 is 0. The molecule has 0 unspecified atom stereocenters. The van der Waals surface area contributed by atoms with Crippen LogP contribution in [-0.2, 0) is 4.79 Å². The minimum atomic E-state index is -0.124. The molecule has 0 saturated carbocycles. The smallest absolute Gasteiger partial charge is 0.126 e. The number of unbranched alkanes of at least 4 members (excludes halogenated alkanes) is 2. The maximum atomic E-state index is 12.5. The molecule has 1 aromatic carbocycles. The number of benzene rings is 1. The van der Waals surface area contributed by atoms with Crippen LogP contribution in [0.25, 0.3) is 0 Å². The van der Waals surface area contributed by atoms with Gasteiger partial charge in [-0.3, -0.25) is 0 Å². The quantitative estimate of drug-likeness (QED) is 0.548. The van der Waals surface area contributed by atoms with Crippen molar-refractivity contribution in [2.24, 2.45) is 5.92 Å². The predicted molar refractivity (Wildman–Crippen MR) is 100 cm³/mol. The summed E-state index contributed by atoms with van der Waals surface area (Å²) in [5.74, 6) is 1.01. The third-order valence-corrected chi connectivity index (χ3v) is 3.41. The SMILES string of the molecule is CC(C)=O.CCCCC(C)CCCC.Cc1ccc(F)c(C)c1. The summed E-state index contributed by atoms with van der Waals surface area (Å²) in [6, 6.07) is 5.09. The first-order chi connectivity index (χ1) is 10.7. The van der Waals surface area contributed by atoms with Crippen molar-refractivity contribution in [1.82, 2.24) is 0 Å². The van der Waals surface area contributed by atoms with E-state index in [1.165, 1.54) is 58.4 Å². The normalized spacial score (nSPS) is 9.61. The highest BCUT2D eigenvalue weighted by Gasteiger charge is 1.98. The zero-order valence-electron chi connectivity index (χ0n) is 16.3. The van der Waals surface area contributed by atoms with Crippen molar-refractivity contribution >= 4 is 5.78 Å². The average molecular weight is 325 g/mol. The molecule has 0 aromatic heterocycles. The third-order valence-electron chi connectivity index (χ3n) is 3.41. The fourth-order valence-electron chi connectivity index (χ4n) is 2.04. The van der Waals surface area contributed by atoms with Crippen LogP contribution in [0, 0.1) is 25.6 Å². The molecule has 0 amide bonds. The Bertz CT molecular complexity index is 400. The summed E-state index contributed by atoms with van der Waals surface area (Å²) < 4.78 is 12.5. The molecule has 0 N–H and O–H groups in total. The summed E-state index contributed by atoms with van der Waals surface area (Å²) in [5, 5.41) is 0. The maximum Gasteiger partial charge on any atom is 0.126 e. The van der Waals surface area contributed by atoms with Gasteiger partial charge in [-0.25, -0.2) is 4.39 Å². The Morgan fingerprint density at radius 3 is 1.78 bits per heavy atom. The van der Waals surface area contributed by atoms with Gasteiger partial charge in [-0.2, -0.15) is 0 Å². The fourth-order valence-corrected chi connectivity index (χ4v) is 2.04. The van der Waals surface area contributed by atoms with Crippen LogP contribution in [0.15, 0.2) is 18.2 Å². The van der Waals surface area contributed by atoms with E-state index >= 15 is 0 Å². The Hall–Kier alpha value is -1.18.